The van der Waals surface area contributed by atoms with E-state index in [4.69, 9.17) is 9.47 Å². The molecular weight excluding hydrogens is 376 g/mol. The zero-order valence-electron chi connectivity index (χ0n) is 15.5. The van der Waals surface area contributed by atoms with Crippen molar-refractivity contribution in [2.45, 2.75) is 25.7 Å². The van der Waals surface area contributed by atoms with Crippen LogP contribution in [0.5, 0.6) is 0 Å². The van der Waals surface area contributed by atoms with Gasteiger partial charge in [-0.05, 0) is 37.1 Å². The van der Waals surface area contributed by atoms with Gasteiger partial charge in [0.2, 0.25) is 10.0 Å². The van der Waals surface area contributed by atoms with Crippen molar-refractivity contribution in [3.8, 4) is 0 Å². The van der Waals surface area contributed by atoms with E-state index in [1.165, 1.54) is 24.3 Å². The average molecular weight is 400 g/mol. The molecule has 0 radical (unpaired) electrons. The maximum Gasteiger partial charge on any atom is 0.338 e. The SMILES string of the molecule is CCOC(=O)c1ccc(S(=O)(=O)NCC(=O)OCC(=O)NCC(C)C)cc1. The Bertz CT molecular complexity index is 758. The minimum Gasteiger partial charge on any atom is -0.462 e. The van der Waals surface area contributed by atoms with Crippen LogP contribution < -0.4 is 10.0 Å². The summed E-state index contributed by atoms with van der Waals surface area (Å²) in [6.45, 7) is 5.04. The van der Waals surface area contributed by atoms with E-state index in [0.29, 0.717) is 6.54 Å². The number of hydrogen-bond acceptors (Lipinski definition) is 7. The van der Waals surface area contributed by atoms with E-state index in [9.17, 15) is 22.8 Å². The lowest BCUT2D eigenvalue weighted by Crippen LogP contribution is -2.35. The molecule has 1 amide bonds. The smallest absolute Gasteiger partial charge is 0.338 e. The van der Waals surface area contributed by atoms with Gasteiger partial charge in [-0.25, -0.2) is 13.2 Å². The number of sulfonamides is 1. The molecule has 1 aromatic rings. The number of rotatable bonds is 10. The number of carbonyl (C=O) groups is 3. The van der Waals surface area contributed by atoms with Crippen molar-refractivity contribution >= 4 is 27.9 Å². The Hall–Kier alpha value is -2.46. The van der Waals surface area contributed by atoms with Crippen molar-refractivity contribution in [3.63, 3.8) is 0 Å². The number of hydrogen-bond donors (Lipinski definition) is 2. The van der Waals surface area contributed by atoms with Crippen molar-refractivity contribution < 1.29 is 32.3 Å². The van der Waals surface area contributed by atoms with Gasteiger partial charge in [-0.15, -0.1) is 0 Å². The predicted molar refractivity (Wildman–Crippen MR) is 96.4 cm³/mol. The van der Waals surface area contributed by atoms with Crippen LogP contribution in [0, 0.1) is 5.92 Å². The fourth-order valence-corrected chi connectivity index (χ4v) is 2.76. The van der Waals surface area contributed by atoms with E-state index in [-0.39, 0.29) is 23.0 Å². The Kier molecular flexibility index (Phi) is 8.89. The number of ether oxygens (including phenoxy) is 2. The van der Waals surface area contributed by atoms with Crippen LogP contribution in [-0.2, 0) is 29.1 Å². The van der Waals surface area contributed by atoms with Crippen LogP contribution in [-0.4, -0.2) is 52.6 Å². The highest BCUT2D eigenvalue weighted by Gasteiger charge is 2.17. The normalized spacial score (nSPS) is 11.1. The molecule has 0 atom stereocenters. The molecule has 0 saturated heterocycles. The number of benzene rings is 1. The summed E-state index contributed by atoms with van der Waals surface area (Å²) in [4.78, 5) is 34.5. The van der Waals surface area contributed by atoms with Gasteiger partial charge in [0.15, 0.2) is 6.61 Å². The summed E-state index contributed by atoms with van der Waals surface area (Å²) >= 11 is 0. The van der Waals surface area contributed by atoms with E-state index >= 15 is 0 Å². The minimum atomic E-state index is -3.97. The zero-order chi connectivity index (χ0) is 20.4. The first-order valence-electron chi connectivity index (χ1n) is 8.35. The summed E-state index contributed by atoms with van der Waals surface area (Å²) in [5.74, 6) is -1.66. The molecule has 0 bridgehead atoms. The van der Waals surface area contributed by atoms with Crippen molar-refractivity contribution in [3.05, 3.63) is 29.8 Å². The third-order valence-electron chi connectivity index (χ3n) is 3.15. The van der Waals surface area contributed by atoms with Crippen LogP contribution in [0.15, 0.2) is 29.2 Å². The van der Waals surface area contributed by atoms with Gasteiger partial charge in [0.05, 0.1) is 17.1 Å². The number of nitrogens with one attached hydrogen (secondary N) is 2. The second-order valence-electron chi connectivity index (χ2n) is 5.93. The minimum absolute atomic E-state index is 0.127. The van der Waals surface area contributed by atoms with Crippen molar-refractivity contribution in [2.75, 3.05) is 26.3 Å². The van der Waals surface area contributed by atoms with Crippen LogP contribution in [0.3, 0.4) is 0 Å². The van der Waals surface area contributed by atoms with Gasteiger partial charge in [-0.3, -0.25) is 9.59 Å². The largest absolute Gasteiger partial charge is 0.462 e. The topological polar surface area (TPSA) is 128 Å². The van der Waals surface area contributed by atoms with Crippen LogP contribution in [0.25, 0.3) is 0 Å². The second kappa shape index (κ2) is 10.6. The van der Waals surface area contributed by atoms with E-state index in [1.807, 2.05) is 13.8 Å². The molecule has 0 spiro atoms. The van der Waals surface area contributed by atoms with E-state index in [2.05, 4.69) is 10.0 Å². The molecule has 0 fully saturated rings. The first-order valence-corrected chi connectivity index (χ1v) is 9.83. The summed E-state index contributed by atoms with van der Waals surface area (Å²) in [6, 6.07) is 5.06. The molecule has 0 aliphatic rings. The molecule has 0 aliphatic heterocycles. The third-order valence-corrected chi connectivity index (χ3v) is 4.57. The maximum atomic E-state index is 12.1. The summed E-state index contributed by atoms with van der Waals surface area (Å²) in [6.07, 6.45) is 0. The molecule has 0 aliphatic carbocycles. The molecular formula is C17H24N2O7S. The van der Waals surface area contributed by atoms with Gasteiger partial charge in [0.1, 0.15) is 6.54 Å². The summed E-state index contributed by atoms with van der Waals surface area (Å²) in [7, 11) is -3.97. The third kappa shape index (κ3) is 8.18. The van der Waals surface area contributed by atoms with Crippen molar-refractivity contribution in [1.29, 1.82) is 0 Å². The zero-order valence-corrected chi connectivity index (χ0v) is 16.3. The highest BCUT2D eigenvalue weighted by Crippen LogP contribution is 2.11. The summed E-state index contributed by atoms with van der Waals surface area (Å²) in [5.41, 5.74) is 0.211. The van der Waals surface area contributed by atoms with Gasteiger partial charge in [0, 0.05) is 6.54 Å². The Morgan fingerprint density at radius 1 is 1.07 bits per heavy atom. The van der Waals surface area contributed by atoms with Crippen molar-refractivity contribution in [1.82, 2.24) is 10.0 Å². The van der Waals surface area contributed by atoms with Crippen LogP contribution in [0.2, 0.25) is 0 Å². The lowest BCUT2D eigenvalue weighted by molar-refractivity contribution is -0.147. The molecule has 0 unspecified atom stereocenters. The maximum absolute atomic E-state index is 12.1. The predicted octanol–water partition coefficient (Wildman–Crippen LogP) is 0.457. The fraction of sp³-hybridized carbons (Fsp3) is 0.471. The first-order chi connectivity index (χ1) is 12.7. The summed E-state index contributed by atoms with van der Waals surface area (Å²) in [5, 5.41) is 2.57. The highest BCUT2D eigenvalue weighted by molar-refractivity contribution is 7.89. The Morgan fingerprint density at radius 2 is 1.70 bits per heavy atom. The second-order valence-corrected chi connectivity index (χ2v) is 7.69. The molecule has 10 heteroatoms. The monoisotopic (exact) mass is 400 g/mol. The van der Waals surface area contributed by atoms with Crippen LogP contribution in [0.4, 0.5) is 0 Å². The van der Waals surface area contributed by atoms with Crippen LogP contribution in [0.1, 0.15) is 31.1 Å². The van der Waals surface area contributed by atoms with Crippen LogP contribution >= 0.6 is 0 Å². The molecule has 150 valence electrons. The molecule has 9 nitrogen and oxygen atoms in total. The number of esters is 2. The Labute approximate surface area is 158 Å². The standard InChI is InChI=1S/C17H24N2O7S/c1-4-25-17(22)13-5-7-14(8-6-13)27(23,24)19-10-16(21)26-11-15(20)18-9-12(2)3/h5-8,12,19H,4,9-11H2,1-3H3,(H,18,20). The molecule has 0 heterocycles. The van der Waals surface area contributed by atoms with E-state index in [1.54, 1.807) is 6.92 Å². The lowest BCUT2D eigenvalue weighted by atomic mass is 10.2. The Morgan fingerprint density at radius 3 is 2.26 bits per heavy atom. The fourth-order valence-electron chi connectivity index (χ4n) is 1.79. The molecule has 1 rings (SSSR count). The lowest BCUT2D eigenvalue weighted by Gasteiger charge is -2.09. The molecule has 0 saturated carbocycles. The van der Waals surface area contributed by atoms with Gasteiger partial charge in [-0.2, -0.15) is 4.72 Å². The Balaban J connectivity index is 2.51. The van der Waals surface area contributed by atoms with Crippen molar-refractivity contribution in [2.24, 2.45) is 5.92 Å². The summed E-state index contributed by atoms with van der Waals surface area (Å²) < 4.78 is 35.9. The van der Waals surface area contributed by atoms with Gasteiger partial charge in [-0.1, -0.05) is 13.8 Å². The molecule has 27 heavy (non-hydrogen) atoms. The average Bonchev–Trinajstić information content (AvgIpc) is 2.63. The number of carbonyl (C=O) groups excluding carboxylic acids is 3. The quantitative estimate of drug-likeness (QED) is 0.546. The van der Waals surface area contributed by atoms with E-state index < -0.39 is 41.0 Å². The van der Waals surface area contributed by atoms with Gasteiger partial charge < -0.3 is 14.8 Å². The van der Waals surface area contributed by atoms with Gasteiger partial charge >= 0.3 is 11.9 Å². The molecule has 0 aromatic heterocycles. The van der Waals surface area contributed by atoms with Gasteiger partial charge in [0.25, 0.3) is 5.91 Å². The van der Waals surface area contributed by atoms with E-state index in [0.717, 1.165) is 0 Å². The highest BCUT2D eigenvalue weighted by atomic mass is 32.2. The molecule has 1 aromatic carbocycles. The first kappa shape index (κ1) is 22.6. The molecule has 2 N–H and O–H groups in total. The number of amides is 1.